The molecule has 0 radical (unpaired) electrons. The standard InChI is InChI=1S/C21H20ClFN2O4/c1-13(14-5-4-6-16(22)9-14)24-19(26)12-29-21(28)15-10-20(27)25(11-15)18-8-3-2-7-17(18)23/h2-9,13,15H,10-12H2,1H3,(H,24,26)/t13-,15+/m1/s1. The van der Waals surface area contributed by atoms with Gasteiger partial charge < -0.3 is 15.0 Å². The van der Waals surface area contributed by atoms with Crippen LogP contribution in [0.2, 0.25) is 5.02 Å². The van der Waals surface area contributed by atoms with Crippen LogP contribution in [0.3, 0.4) is 0 Å². The molecule has 1 heterocycles. The first kappa shape index (κ1) is 20.8. The summed E-state index contributed by atoms with van der Waals surface area (Å²) >= 11 is 5.94. The number of rotatable bonds is 6. The van der Waals surface area contributed by atoms with Crippen LogP contribution >= 0.6 is 11.6 Å². The molecule has 8 heteroatoms. The Morgan fingerprint density at radius 1 is 1.28 bits per heavy atom. The number of hydrogen-bond donors (Lipinski definition) is 1. The summed E-state index contributed by atoms with van der Waals surface area (Å²) in [6.45, 7) is 1.33. The van der Waals surface area contributed by atoms with Gasteiger partial charge in [0.2, 0.25) is 5.91 Å². The number of nitrogens with one attached hydrogen (secondary N) is 1. The van der Waals surface area contributed by atoms with Crippen LogP contribution in [0.5, 0.6) is 0 Å². The summed E-state index contributed by atoms with van der Waals surface area (Å²) in [7, 11) is 0. The average Bonchev–Trinajstić information content (AvgIpc) is 3.08. The molecule has 0 spiro atoms. The number of para-hydroxylation sites is 1. The summed E-state index contributed by atoms with van der Waals surface area (Å²) in [5.74, 6) is -2.79. The number of anilines is 1. The highest BCUT2D eigenvalue weighted by atomic mass is 35.5. The quantitative estimate of drug-likeness (QED) is 0.731. The minimum Gasteiger partial charge on any atom is -0.455 e. The average molecular weight is 419 g/mol. The number of carbonyl (C=O) groups is 3. The van der Waals surface area contributed by atoms with Crippen molar-refractivity contribution in [2.24, 2.45) is 5.92 Å². The molecule has 2 atom stereocenters. The minimum absolute atomic E-state index is 0.0130. The van der Waals surface area contributed by atoms with E-state index in [1.165, 1.54) is 23.1 Å². The molecule has 1 aliphatic rings. The number of amides is 2. The van der Waals surface area contributed by atoms with Crippen molar-refractivity contribution >= 4 is 35.1 Å². The van der Waals surface area contributed by atoms with E-state index in [4.69, 9.17) is 16.3 Å². The zero-order valence-corrected chi connectivity index (χ0v) is 16.5. The molecule has 29 heavy (non-hydrogen) atoms. The summed E-state index contributed by atoms with van der Waals surface area (Å²) in [5, 5.41) is 3.27. The Morgan fingerprint density at radius 3 is 2.76 bits per heavy atom. The van der Waals surface area contributed by atoms with Gasteiger partial charge in [0.1, 0.15) is 5.82 Å². The lowest BCUT2D eigenvalue weighted by molar-refractivity contribution is -0.152. The van der Waals surface area contributed by atoms with Gasteiger partial charge in [-0.2, -0.15) is 0 Å². The summed E-state index contributed by atoms with van der Waals surface area (Å²) in [5.41, 5.74) is 0.944. The Kier molecular flexibility index (Phi) is 6.49. The van der Waals surface area contributed by atoms with Crippen LogP contribution in [-0.4, -0.2) is 30.9 Å². The van der Waals surface area contributed by atoms with Crippen molar-refractivity contribution < 1.29 is 23.5 Å². The molecule has 2 amide bonds. The van der Waals surface area contributed by atoms with Crippen molar-refractivity contribution in [1.29, 1.82) is 0 Å². The molecule has 1 fully saturated rings. The van der Waals surface area contributed by atoms with E-state index in [0.717, 1.165) is 5.56 Å². The summed E-state index contributed by atoms with van der Waals surface area (Å²) < 4.78 is 19.0. The highest BCUT2D eigenvalue weighted by molar-refractivity contribution is 6.30. The van der Waals surface area contributed by atoms with Gasteiger partial charge in [0.25, 0.3) is 5.91 Å². The predicted octanol–water partition coefficient (Wildman–Crippen LogP) is 3.25. The number of benzene rings is 2. The van der Waals surface area contributed by atoms with Gasteiger partial charge in [0.15, 0.2) is 6.61 Å². The molecule has 1 N–H and O–H groups in total. The Morgan fingerprint density at radius 2 is 2.03 bits per heavy atom. The van der Waals surface area contributed by atoms with E-state index in [0.29, 0.717) is 5.02 Å². The minimum atomic E-state index is -0.750. The molecule has 1 aliphatic heterocycles. The van der Waals surface area contributed by atoms with Gasteiger partial charge in [-0.05, 0) is 36.8 Å². The van der Waals surface area contributed by atoms with E-state index in [1.807, 2.05) is 6.07 Å². The van der Waals surface area contributed by atoms with E-state index in [1.54, 1.807) is 31.2 Å². The molecular formula is C21H20ClFN2O4. The number of carbonyl (C=O) groups excluding carboxylic acids is 3. The third-order valence-corrected chi connectivity index (χ3v) is 4.91. The number of halogens is 2. The van der Waals surface area contributed by atoms with Crippen molar-refractivity contribution in [3.63, 3.8) is 0 Å². The first-order chi connectivity index (χ1) is 13.8. The second-order valence-corrected chi connectivity index (χ2v) is 7.25. The van der Waals surface area contributed by atoms with Gasteiger partial charge in [0.05, 0.1) is 17.6 Å². The lowest BCUT2D eigenvalue weighted by atomic mass is 10.1. The van der Waals surface area contributed by atoms with Crippen LogP contribution in [0.15, 0.2) is 48.5 Å². The van der Waals surface area contributed by atoms with Gasteiger partial charge in [-0.3, -0.25) is 14.4 Å². The molecule has 3 rings (SSSR count). The van der Waals surface area contributed by atoms with Crippen LogP contribution in [0.1, 0.15) is 24.9 Å². The van der Waals surface area contributed by atoms with E-state index in [2.05, 4.69) is 5.32 Å². The van der Waals surface area contributed by atoms with Crippen LogP contribution in [-0.2, 0) is 19.1 Å². The van der Waals surface area contributed by atoms with Crippen LogP contribution in [0, 0.1) is 11.7 Å². The molecule has 1 saturated heterocycles. The Bertz CT molecular complexity index is 936. The number of esters is 1. The lowest BCUT2D eigenvalue weighted by Crippen LogP contribution is -2.33. The van der Waals surface area contributed by atoms with Crippen molar-refractivity contribution in [2.45, 2.75) is 19.4 Å². The van der Waals surface area contributed by atoms with E-state index in [-0.39, 0.29) is 30.6 Å². The molecule has 0 aliphatic carbocycles. The highest BCUT2D eigenvalue weighted by Gasteiger charge is 2.37. The monoisotopic (exact) mass is 418 g/mol. The fraction of sp³-hybridized carbons (Fsp3) is 0.286. The largest absolute Gasteiger partial charge is 0.455 e. The van der Waals surface area contributed by atoms with Gasteiger partial charge in [-0.25, -0.2) is 4.39 Å². The molecule has 6 nitrogen and oxygen atoms in total. The Labute approximate surface area is 172 Å². The second-order valence-electron chi connectivity index (χ2n) is 6.81. The molecule has 152 valence electrons. The number of nitrogens with zero attached hydrogens (tertiary/aromatic N) is 1. The SMILES string of the molecule is C[C@@H](NC(=O)COC(=O)[C@H]1CC(=O)N(c2ccccc2F)C1)c1cccc(Cl)c1. The van der Waals surface area contributed by atoms with E-state index < -0.39 is 30.2 Å². The third-order valence-electron chi connectivity index (χ3n) is 4.67. The fourth-order valence-electron chi connectivity index (χ4n) is 3.17. The van der Waals surface area contributed by atoms with Crippen molar-refractivity contribution in [3.05, 3.63) is 64.9 Å². The first-order valence-electron chi connectivity index (χ1n) is 9.11. The van der Waals surface area contributed by atoms with Crippen LogP contribution in [0.4, 0.5) is 10.1 Å². The number of ether oxygens (including phenoxy) is 1. The predicted molar refractivity (Wildman–Crippen MR) is 106 cm³/mol. The molecule has 2 aromatic rings. The summed E-state index contributed by atoms with van der Waals surface area (Å²) in [6.07, 6.45) is -0.0896. The first-order valence-corrected chi connectivity index (χ1v) is 9.49. The maximum atomic E-state index is 13.9. The fourth-order valence-corrected chi connectivity index (χ4v) is 3.36. The zero-order valence-electron chi connectivity index (χ0n) is 15.7. The normalized spacial score (nSPS) is 17.1. The summed E-state index contributed by atoms with van der Waals surface area (Å²) in [4.78, 5) is 37.7. The highest BCUT2D eigenvalue weighted by Crippen LogP contribution is 2.27. The second kappa shape index (κ2) is 9.05. The zero-order chi connectivity index (χ0) is 21.0. The van der Waals surface area contributed by atoms with Gasteiger partial charge in [-0.1, -0.05) is 35.9 Å². The van der Waals surface area contributed by atoms with Crippen LogP contribution < -0.4 is 10.2 Å². The maximum Gasteiger partial charge on any atom is 0.311 e. The maximum absolute atomic E-state index is 13.9. The van der Waals surface area contributed by atoms with Crippen molar-refractivity contribution in [2.75, 3.05) is 18.1 Å². The molecule has 0 saturated carbocycles. The molecule has 0 bridgehead atoms. The number of hydrogen-bond acceptors (Lipinski definition) is 4. The molecular weight excluding hydrogens is 399 g/mol. The van der Waals surface area contributed by atoms with E-state index >= 15 is 0 Å². The van der Waals surface area contributed by atoms with Crippen LogP contribution in [0.25, 0.3) is 0 Å². The Hall–Kier alpha value is -2.93. The Balaban J connectivity index is 1.51. The molecule has 2 aromatic carbocycles. The van der Waals surface area contributed by atoms with Gasteiger partial charge in [-0.15, -0.1) is 0 Å². The van der Waals surface area contributed by atoms with Gasteiger partial charge >= 0.3 is 5.97 Å². The van der Waals surface area contributed by atoms with Crippen molar-refractivity contribution in [3.8, 4) is 0 Å². The lowest BCUT2D eigenvalue weighted by Gasteiger charge is -2.17. The molecule has 0 unspecified atom stereocenters. The summed E-state index contributed by atoms with van der Waals surface area (Å²) in [6, 6.07) is 12.6. The molecule has 0 aromatic heterocycles. The third kappa shape index (κ3) is 5.12. The van der Waals surface area contributed by atoms with Crippen molar-refractivity contribution in [1.82, 2.24) is 5.32 Å². The van der Waals surface area contributed by atoms with Gasteiger partial charge in [0, 0.05) is 18.0 Å². The topological polar surface area (TPSA) is 75.7 Å². The van der Waals surface area contributed by atoms with E-state index in [9.17, 15) is 18.8 Å². The smallest absolute Gasteiger partial charge is 0.311 e.